The molecular weight excluding hydrogens is 408 g/mol. The Balaban J connectivity index is 0.000000459. The second kappa shape index (κ2) is 14.3. The van der Waals surface area contributed by atoms with Crippen LogP contribution in [0.3, 0.4) is 0 Å². The molecule has 0 fully saturated rings. The first-order chi connectivity index (χ1) is 14.1. The first-order valence-electron chi connectivity index (χ1n) is 9.35. The topological polar surface area (TPSA) is 82.1 Å². The molecule has 0 aliphatic heterocycles. The van der Waals surface area contributed by atoms with Gasteiger partial charge in [0, 0.05) is 11.8 Å². The van der Waals surface area contributed by atoms with E-state index in [1.807, 2.05) is 24.3 Å². The molecule has 0 unspecified atom stereocenters. The Morgan fingerprint density at radius 3 is 1.43 bits per heavy atom. The highest BCUT2D eigenvalue weighted by atomic mass is 35.5. The molecule has 2 aromatic rings. The molecule has 0 aliphatic rings. The third-order valence-electron chi connectivity index (χ3n) is 3.74. The zero-order valence-electron chi connectivity index (χ0n) is 18.6. The van der Waals surface area contributed by atoms with Crippen molar-refractivity contribution < 1.29 is 28.9 Å². The van der Waals surface area contributed by atoms with Gasteiger partial charge in [-0.05, 0) is 54.1 Å². The number of rotatable bonds is 6. The number of ether oxygens (including phenoxy) is 3. The van der Waals surface area contributed by atoms with E-state index in [-0.39, 0.29) is 28.6 Å². The number of halogens is 1. The Hall–Kier alpha value is -2.73. The van der Waals surface area contributed by atoms with Crippen molar-refractivity contribution in [2.24, 2.45) is 11.8 Å². The van der Waals surface area contributed by atoms with Crippen LogP contribution in [0.5, 0.6) is 23.0 Å². The van der Waals surface area contributed by atoms with Gasteiger partial charge in [-0.15, -0.1) is 0 Å². The van der Waals surface area contributed by atoms with Gasteiger partial charge in [0.1, 0.15) is 23.0 Å². The lowest BCUT2D eigenvalue weighted by Crippen LogP contribution is -2.07. The van der Waals surface area contributed by atoms with E-state index in [1.165, 1.54) is 13.2 Å². The van der Waals surface area contributed by atoms with E-state index in [9.17, 15) is 14.7 Å². The molecule has 0 aliphatic carbocycles. The minimum absolute atomic E-state index is 0.00417. The van der Waals surface area contributed by atoms with Crippen LogP contribution in [0.15, 0.2) is 42.5 Å². The summed E-state index contributed by atoms with van der Waals surface area (Å²) in [4.78, 5) is 21.5. The molecule has 0 aromatic heterocycles. The fourth-order valence-corrected chi connectivity index (χ4v) is 1.86. The summed E-state index contributed by atoms with van der Waals surface area (Å²) in [5.74, 6) is 2.04. The summed E-state index contributed by atoms with van der Waals surface area (Å²) < 4.78 is 14.9. The summed E-state index contributed by atoms with van der Waals surface area (Å²) in [5, 5.41) is 9.20. The van der Waals surface area contributed by atoms with Crippen LogP contribution in [0.2, 0.25) is 0 Å². The molecule has 7 heteroatoms. The van der Waals surface area contributed by atoms with Crippen molar-refractivity contribution in [3.63, 3.8) is 0 Å². The fraction of sp³-hybridized carbons (Fsp3) is 0.391. The minimum atomic E-state index is -0.269. The number of methoxy groups -OCH3 is 3. The normalized spacial score (nSPS) is 9.67. The Labute approximate surface area is 183 Å². The molecule has 0 saturated heterocycles. The molecule has 0 radical (unpaired) electrons. The van der Waals surface area contributed by atoms with Gasteiger partial charge in [-0.1, -0.05) is 27.7 Å². The van der Waals surface area contributed by atoms with Crippen LogP contribution in [-0.4, -0.2) is 37.5 Å². The van der Waals surface area contributed by atoms with Crippen LogP contribution < -0.4 is 14.2 Å². The number of hydrogen-bond acceptors (Lipinski definition) is 6. The quantitative estimate of drug-likeness (QED) is 0.483. The third kappa shape index (κ3) is 10.2. The van der Waals surface area contributed by atoms with Gasteiger partial charge >= 0.3 is 0 Å². The van der Waals surface area contributed by atoms with Crippen molar-refractivity contribution in [2.45, 2.75) is 27.7 Å². The molecule has 0 atom stereocenters. The molecule has 2 aromatic carbocycles. The van der Waals surface area contributed by atoms with Gasteiger partial charge in [-0.3, -0.25) is 9.59 Å². The van der Waals surface area contributed by atoms with Gasteiger partial charge in [0.15, 0.2) is 5.78 Å². The van der Waals surface area contributed by atoms with Crippen molar-refractivity contribution in [1.29, 1.82) is 0 Å². The van der Waals surface area contributed by atoms with E-state index in [0.29, 0.717) is 11.3 Å². The second-order valence-corrected chi connectivity index (χ2v) is 7.11. The van der Waals surface area contributed by atoms with E-state index in [1.54, 1.807) is 54.0 Å². The molecule has 0 heterocycles. The predicted octanol–water partition coefficient (Wildman–Crippen LogP) is 5.35. The Bertz CT molecular complexity index is 762. The van der Waals surface area contributed by atoms with Gasteiger partial charge in [0.2, 0.25) is 5.24 Å². The van der Waals surface area contributed by atoms with Gasteiger partial charge in [-0.25, -0.2) is 0 Å². The first-order valence-corrected chi connectivity index (χ1v) is 9.73. The monoisotopic (exact) mass is 438 g/mol. The average Bonchev–Trinajstić information content (AvgIpc) is 2.74. The van der Waals surface area contributed by atoms with Gasteiger partial charge in [-0.2, -0.15) is 0 Å². The molecule has 2 rings (SSSR count). The molecule has 0 saturated carbocycles. The highest BCUT2D eigenvalue weighted by Gasteiger charge is 2.15. The summed E-state index contributed by atoms with van der Waals surface area (Å²) in [6.45, 7) is 7.10. The third-order valence-corrected chi connectivity index (χ3v) is 4.18. The lowest BCUT2D eigenvalue weighted by Gasteiger charge is -2.08. The van der Waals surface area contributed by atoms with Gasteiger partial charge in [0.25, 0.3) is 0 Å². The summed E-state index contributed by atoms with van der Waals surface area (Å²) in [7, 11) is 4.81. The van der Waals surface area contributed by atoms with Gasteiger partial charge < -0.3 is 19.3 Å². The maximum absolute atomic E-state index is 11.6. The Morgan fingerprint density at radius 1 is 0.767 bits per heavy atom. The number of hydrogen-bond donors (Lipinski definition) is 1. The second-order valence-electron chi connectivity index (χ2n) is 6.74. The number of ketones is 1. The van der Waals surface area contributed by atoms with Crippen molar-refractivity contribution in [3.05, 3.63) is 48.0 Å². The molecule has 0 spiro atoms. The van der Waals surface area contributed by atoms with Gasteiger partial charge in [0.05, 0.1) is 26.9 Å². The largest absolute Gasteiger partial charge is 0.507 e. The van der Waals surface area contributed by atoms with Crippen LogP contribution in [0, 0.1) is 11.8 Å². The number of carbonyl (C=O) groups excluding carboxylic acids is 2. The molecule has 0 bridgehead atoms. The predicted molar refractivity (Wildman–Crippen MR) is 119 cm³/mol. The first kappa shape index (κ1) is 27.3. The lowest BCUT2D eigenvalue weighted by molar-refractivity contribution is -0.114. The highest BCUT2D eigenvalue weighted by molar-refractivity contribution is 6.63. The van der Waals surface area contributed by atoms with Crippen LogP contribution in [-0.2, 0) is 4.79 Å². The number of phenols is 1. The summed E-state index contributed by atoms with van der Waals surface area (Å²) in [6, 6.07) is 12.1. The van der Waals surface area contributed by atoms with Crippen LogP contribution in [0.1, 0.15) is 38.1 Å². The maximum Gasteiger partial charge on any atom is 0.224 e. The SMILES string of the molecule is CC(C)C(=O)Cl.COc1ccc(O)c(C(=O)C(C)C)c1.COc1ccc(OC)cc1. The lowest BCUT2D eigenvalue weighted by atomic mass is 10.0. The number of benzene rings is 2. The van der Waals surface area contributed by atoms with Crippen LogP contribution in [0.4, 0.5) is 0 Å². The van der Waals surface area contributed by atoms with E-state index in [4.69, 9.17) is 25.8 Å². The molecule has 6 nitrogen and oxygen atoms in total. The van der Waals surface area contributed by atoms with Crippen molar-refractivity contribution in [1.82, 2.24) is 0 Å². The van der Waals surface area contributed by atoms with Crippen molar-refractivity contribution in [3.8, 4) is 23.0 Å². The minimum Gasteiger partial charge on any atom is -0.507 e. The Kier molecular flexibility index (Phi) is 13.0. The summed E-state index contributed by atoms with van der Waals surface area (Å²) in [5.41, 5.74) is 0.319. The molecule has 0 amide bonds. The van der Waals surface area contributed by atoms with Crippen molar-refractivity contribution >= 4 is 22.6 Å². The zero-order chi connectivity index (χ0) is 23.3. The maximum atomic E-state index is 11.6. The highest BCUT2D eigenvalue weighted by Crippen LogP contribution is 2.25. The average molecular weight is 439 g/mol. The smallest absolute Gasteiger partial charge is 0.224 e. The molecular formula is C23H31ClO6. The fourth-order valence-electron chi connectivity index (χ4n) is 1.86. The van der Waals surface area contributed by atoms with E-state index < -0.39 is 0 Å². The standard InChI is InChI=1S/C11H14O3.C8H10O2.C4H7ClO/c1-7(2)11(13)9-6-8(14-3)4-5-10(9)12;1-9-7-3-5-8(10-2)6-4-7;1-3(2)4(5)6/h4-7,12H,1-3H3;3-6H,1-2H3;3H,1-2H3. The number of phenolic OH excluding ortho intramolecular Hbond substituents is 1. The molecule has 1 N–H and O–H groups in total. The van der Waals surface area contributed by atoms with Crippen LogP contribution >= 0.6 is 11.6 Å². The van der Waals surface area contributed by atoms with Crippen molar-refractivity contribution in [2.75, 3.05) is 21.3 Å². The zero-order valence-corrected chi connectivity index (χ0v) is 19.3. The summed E-state index contributed by atoms with van der Waals surface area (Å²) >= 11 is 4.97. The molecule has 30 heavy (non-hydrogen) atoms. The molecule has 166 valence electrons. The number of Topliss-reactive ketones (excluding diaryl/α,β-unsaturated/α-hetero) is 1. The van der Waals surface area contributed by atoms with E-state index in [0.717, 1.165) is 11.5 Å². The van der Waals surface area contributed by atoms with E-state index >= 15 is 0 Å². The van der Waals surface area contributed by atoms with E-state index in [2.05, 4.69) is 0 Å². The summed E-state index contributed by atoms with van der Waals surface area (Å²) in [6.07, 6.45) is 0. The Morgan fingerprint density at radius 2 is 1.13 bits per heavy atom. The number of aromatic hydroxyl groups is 1. The van der Waals surface area contributed by atoms with Crippen LogP contribution in [0.25, 0.3) is 0 Å². The number of carbonyl (C=O) groups is 2.